The molecule has 0 bridgehead atoms. The van der Waals surface area contributed by atoms with E-state index in [-0.39, 0.29) is 0 Å². The number of hydrogen-bond donors (Lipinski definition) is 0. The predicted molar refractivity (Wildman–Crippen MR) is 38.8 cm³/mol. The minimum absolute atomic E-state index is 1.09. The summed E-state index contributed by atoms with van der Waals surface area (Å²) in [6.45, 7) is 1.96. The molecule has 8 heavy (non-hydrogen) atoms. The molecule has 0 aromatic carbocycles. The van der Waals surface area contributed by atoms with Crippen LogP contribution in [0.25, 0.3) is 0 Å². The van der Waals surface area contributed by atoms with Gasteiger partial charge in [-0.2, -0.15) is 0 Å². The normalized spacial score (nSPS) is 12.6. The van der Waals surface area contributed by atoms with Gasteiger partial charge in [0.1, 0.15) is 0 Å². The lowest BCUT2D eigenvalue weighted by Crippen LogP contribution is -1.61. The minimum atomic E-state index is 1.09. The smallest absolute Gasteiger partial charge is 0.0824 e. The number of rotatable bonds is 2. The number of methoxy groups -OCH3 is 1. The van der Waals surface area contributed by atoms with Crippen molar-refractivity contribution in [3.63, 3.8) is 0 Å². The zero-order valence-corrected chi connectivity index (χ0v) is 6.60. The van der Waals surface area contributed by atoms with E-state index in [2.05, 4.69) is 20.7 Å². The van der Waals surface area contributed by atoms with Crippen molar-refractivity contribution in [1.82, 2.24) is 0 Å². The third kappa shape index (κ3) is 5.76. The molecular weight excluding hydrogens is 168 g/mol. The predicted octanol–water partition coefficient (Wildman–Crippen LogP) is 2.45. The van der Waals surface area contributed by atoms with Gasteiger partial charge in [0.05, 0.1) is 13.4 Å². The van der Waals surface area contributed by atoms with E-state index >= 15 is 0 Å². The number of ether oxygens (including phenoxy) is 1. The summed E-state index contributed by atoms with van der Waals surface area (Å²) in [4.78, 5) is 0. The van der Waals surface area contributed by atoms with Gasteiger partial charge in [0.25, 0.3) is 0 Å². The van der Waals surface area contributed by atoms with Crippen molar-refractivity contribution in [2.75, 3.05) is 7.11 Å². The monoisotopic (exact) mass is 176 g/mol. The van der Waals surface area contributed by atoms with E-state index in [0.29, 0.717) is 0 Å². The van der Waals surface area contributed by atoms with Crippen LogP contribution < -0.4 is 0 Å². The molecule has 0 aliphatic carbocycles. The van der Waals surface area contributed by atoms with Crippen molar-refractivity contribution in [2.45, 2.75) is 6.92 Å². The van der Waals surface area contributed by atoms with Crippen molar-refractivity contribution >= 4 is 15.9 Å². The van der Waals surface area contributed by atoms with E-state index < -0.39 is 0 Å². The van der Waals surface area contributed by atoms with Gasteiger partial charge in [0.15, 0.2) is 0 Å². The molecule has 0 spiro atoms. The van der Waals surface area contributed by atoms with Crippen LogP contribution in [0.2, 0.25) is 0 Å². The van der Waals surface area contributed by atoms with Gasteiger partial charge in [-0.3, -0.25) is 0 Å². The first kappa shape index (κ1) is 7.76. The van der Waals surface area contributed by atoms with Crippen LogP contribution in [0.15, 0.2) is 22.9 Å². The highest BCUT2D eigenvalue weighted by molar-refractivity contribution is 9.11. The Balaban J connectivity index is 3.42. The fraction of sp³-hybridized carbons (Fsp3) is 0.333. The second-order valence-corrected chi connectivity index (χ2v) is 2.57. The average Bonchev–Trinajstić information content (AvgIpc) is 1.66. The third-order valence-corrected chi connectivity index (χ3v) is 0.805. The summed E-state index contributed by atoms with van der Waals surface area (Å²) in [7, 11) is 1.62. The van der Waals surface area contributed by atoms with E-state index in [9.17, 15) is 0 Å². The van der Waals surface area contributed by atoms with Gasteiger partial charge in [-0.05, 0) is 23.6 Å². The Morgan fingerprint density at radius 3 is 2.62 bits per heavy atom. The molecule has 0 fully saturated rings. The zero-order valence-electron chi connectivity index (χ0n) is 5.02. The molecule has 0 saturated heterocycles. The Morgan fingerprint density at radius 1 is 1.62 bits per heavy atom. The maximum atomic E-state index is 4.65. The fourth-order valence-electron chi connectivity index (χ4n) is 0.250. The number of hydrogen-bond acceptors (Lipinski definition) is 1. The Hall–Kier alpha value is -0.240. The summed E-state index contributed by atoms with van der Waals surface area (Å²) in [5.74, 6) is 0. The molecule has 1 nitrogen and oxygen atoms in total. The molecule has 46 valence electrons. The summed E-state index contributed by atoms with van der Waals surface area (Å²) in [6, 6.07) is 0. The second-order valence-electron chi connectivity index (χ2n) is 1.32. The van der Waals surface area contributed by atoms with Gasteiger partial charge in [0, 0.05) is 0 Å². The van der Waals surface area contributed by atoms with Gasteiger partial charge >= 0.3 is 0 Å². The second kappa shape index (κ2) is 4.91. The van der Waals surface area contributed by atoms with Gasteiger partial charge in [-0.25, -0.2) is 0 Å². The highest BCUT2D eigenvalue weighted by Gasteiger charge is 1.70. The summed E-state index contributed by atoms with van der Waals surface area (Å²) in [5.41, 5.74) is 0. The molecule has 0 radical (unpaired) electrons. The minimum Gasteiger partial charge on any atom is -0.504 e. The van der Waals surface area contributed by atoms with Gasteiger partial charge in [-0.15, -0.1) is 0 Å². The molecular formula is C6H9BrO. The molecule has 0 aromatic heterocycles. The first-order valence-electron chi connectivity index (χ1n) is 2.29. The van der Waals surface area contributed by atoms with E-state index in [1.54, 1.807) is 13.4 Å². The summed E-state index contributed by atoms with van der Waals surface area (Å²) in [5, 5.41) is 0. The van der Waals surface area contributed by atoms with E-state index in [4.69, 9.17) is 0 Å². The molecule has 0 aromatic rings. The van der Waals surface area contributed by atoms with Crippen LogP contribution in [0.4, 0.5) is 0 Å². The first-order valence-corrected chi connectivity index (χ1v) is 3.08. The molecule has 0 aliphatic rings. The van der Waals surface area contributed by atoms with Crippen LogP contribution in [0, 0.1) is 0 Å². The first-order chi connectivity index (χ1) is 3.77. The lowest BCUT2D eigenvalue weighted by atomic mass is 10.5. The van der Waals surface area contributed by atoms with E-state index in [0.717, 1.165) is 4.48 Å². The van der Waals surface area contributed by atoms with Crippen LogP contribution in [0.1, 0.15) is 6.92 Å². The van der Waals surface area contributed by atoms with Crippen molar-refractivity contribution in [2.24, 2.45) is 0 Å². The van der Waals surface area contributed by atoms with Gasteiger partial charge < -0.3 is 4.74 Å². The van der Waals surface area contributed by atoms with Crippen molar-refractivity contribution < 1.29 is 4.74 Å². The SMILES string of the molecule is COC=CC=C(C)Br. The van der Waals surface area contributed by atoms with Crippen LogP contribution in [0.5, 0.6) is 0 Å². The third-order valence-electron chi connectivity index (χ3n) is 0.541. The summed E-state index contributed by atoms with van der Waals surface area (Å²) >= 11 is 3.26. The Bertz CT molecular complexity index is 101. The van der Waals surface area contributed by atoms with Crippen molar-refractivity contribution in [3.05, 3.63) is 22.9 Å². The highest BCUT2D eigenvalue weighted by Crippen LogP contribution is 2.00. The quantitative estimate of drug-likeness (QED) is 0.465. The molecule has 0 saturated carbocycles. The van der Waals surface area contributed by atoms with E-state index in [1.165, 1.54) is 0 Å². The van der Waals surface area contributed by atoms with Crippen LogP contribution in [0.3, 0.4) is 0 Å². The topological polar surface area (TPSA) is 9.23 Å². The maximum absolute atomic E-state index is 4.65. The van der Waals surface area contributed by atoms with Crippen LogP contribution >= 0.6 is 15.9 Å². The van der Waals surface area contributed by atoms with Crippen molar-refractivity contribution in [3.8, 4) is 0 Å². The standard InChI is InChI=1S/C6H9BrO/c1-6(7)4-3-5-8-2/h3-5H,1-2H3. The fourth-order valence-corrected chi connectivity index (χ4v) is 0.403. The van der Waals surface area contributed by atoms with Gasteiger partial charge in [-0.1, -0.05) is 15.9 Å². The molecule has 0 heterocycles. The van der Waals surface area contributed by atoms with Crippen molar-refractivity contribution in [1.29, 1.82) is 0 Å². The summed E-state index contributed by atoms with van der Waals surface area (Å²) in [6.07, 6.45) is 5.35. The molecule has 0 N–H and O–H groups in total. The summed E-state index contributed by atoms with van der Waals surface area (Å²) < 4.78 is 5.73. The molecule has 0 amide bonds. The van der Waals surface area contributed by atoms with Crippen LogP contribution in [-0.2, 0) is 4.74 Å². The van der Waals surface area contributed by atoms with Gasteiger partial charge in [0.2, 0.25) is 0 Å². The number of allylic oxidation sites excluding steroid dienone is 3. The van der Waals surface area contributed by atoms with E-state index in [1.807, 2.05) is 19.1 Å². The Morgan fingerprint density at radius 2 is 2.25 bits per heavy atom. The lowest BCUT2D eigenvalue weighted by molar-refractivity contribution is 0.338. The Kier molecular flexibility index (Phi) is 4.76. The lowest BCUT2D eigenvalue weighted by Gasteiger charge is -1.81. The number of halogens is 1. The largest absolute Gasteiger partial charge is 0.504 e. The molecule has 2 heteroatoms. The zero-order chi connectivity index (χ0) is 6.41. The highest BCUT2D eigenvalue weighted by atomic mass is 79.9. The average molecular weight is 177 g/mol. The van der Waals surface area contributed by atoms with Crippen LogP contribution in [-0.4, -0.2) is 7.11 Å². The maximum Gasteiger partial charge on any atom is 0.0824 e. The molecule has 0 rings (SSSR count). The molecule has 0 atom stereocenters. The molecule has 0 unspecified atom stereocenters. The molecule has 0 aliphatic heterocycles. The Labute approximate surface area is 58.2 Å².